The first-order chi connectivity index (χ1) is 16.5. The van der Waals surface area contributed by atoms with Crippen molar-refractivity contribution in [1.29, 1.82) is 0 Å². The molecular weight excluding hydrogens is 470 g/mol. The molecule has 10 heteroatoms. The van der Waals surface area contributed by atoms with Crippen molar-refractivity contribution in [2.24, 2.45) is 0 Å². The minimum Gasteiger partial charge on any atom is -0.459 e. The minimum absolute atomic E-state index is 0.132. The van der Waals surface area contributed by atoms with E-state index in [9.17, 15) is 9.59 Å². The summed E-state index contributed by atoms with van der Waals surface area (Å²) in [6.45, 7) is 7.98. The summed E-state index contributed by atoms with van der Waals surface area (Å²) in [5.74, 6) is 0.244. The number of aryl methyl sites for hydroxylation is 1. The van der Waals surface area contributed by atoms with E-state index in [1.54, 1.807) is 18.5 Å². The number of thiophene rings is 1. The third-order valence-corrected chi connectivity index (χ3v) is 7.44. The number of ether oxygens (including phenoxy) is 1. The number of aromatic nitrogens is 4. The first-order valence-corrected chi connectivity index (χ1v) is 13.0. The van der Waals surface area contributed by atoms with E-state index in [0.29, 0.717) is 28.1 Å². The zero-order valence-corrected chi connectivity index (χ0v) is 20.9. The molecule has 3 heterocycles. The summed E-state index contributed by atoms with van der Waals surface area (Å²) in [4.78, 5) is 30.9. The Hall–Kier alpha value is -2.98. The molecule has 0 bridgehead atoms. The lowest BCUT2D eigenvalue weighted by molar-refractivity contribution is -0.113. The second-order valence-corrected chi connectivity index (χ2v) is 10.2. The Balaban J connectivity index is 1.50. The van der Waals surface area contributed by atoms with Crippen molar-refractivity contribution in [3.8, 4) is 11.4 Å². The second-order valence-electron chi connectivity index (χ2n) is 8.15. The average molecular weight is 498 g/mol. The van der Waals surface area contributed by atoms with Crippen molar-refractivity contribution in [3.05, 3.63) is 53.2 Å². The first-order valence-electron chi connectivity index (χ1n) is 11.2. The van der Waals surface area contributed by atoms with Gasteiger partial charge in [-0.25, -0.2) is 4.79 Å². The van der Waals surface area contributed by atoms with Crippen molar-refractivity contribution < 1.29 is 14.3 Å². The van der Waals surface area contributed by atoms with Gasteiger partial charge in [0, 0.05) is 29.4 Å². The molecule has 178 valence electrons. The molecule has 1 N–H and O–H groups in total. The molecule has 0 radical (unpaired) electrons. The van der Waals surface area contributed by atoms with E-state index in [0.717, 1.165) is 41.7 Å². The van der Waals surface area contributed by atoms with Crippen molar-refractivity contribution in [2.45, 2.75) is 57.3 Å². The molecule has 1 amide bonds. The highest BCUT2D eigenvalue weighted by molar-refractivity contribution is 7.99. The third kappa shape index (κ3) is 5.39. The van der Waals surface area contributed by atoms with Crippen molar-refractivity contribution >= 4 is 40.0 Å². The van der Waals surface area contributed by atoms with E-state index in [-0.39, 0.29) is 23.7 Å². The van der Waals surface area contributed by atoms with E-state index in [1.807, 2.05) is 30.5 Å². The highest BCUT2D eigenvalue weighted by atomic mass is 32.2. The summed E-state index contributed by atoms with van der Waals surface area (Å²) in [7, 11) is 0. The molecule has 0 spiro atoms. The summed E-state index contributed by atoms with van der Waals surface area (Å²) in [5, 5.41) is 12.7. The van der Waals surface area contributed by atoms with Gasteiger partial charge in [-0.15, -0.1) is 28.1 Å². The number of nitrogens with one attached hydrogen (secondary N) is 1. The molecule has 1 aliphatic rings. The number of thioether (sulfide) groups is 1. The maximum absolute atomic E-state index is 12.9. The second kappa shape index (κ2) is 11.0. The number of carbonyl (C=O) groups is 2. The number of amides is 1. The number of rotatable bonds is 9. The third-order valence-electron chi connectivity index (χ3n) is 5.27. The molecule has 8 nitrogen and oxygen atoms in total. The van der Waals surface area contributed by atoms with E-state index in [2.05, 4.69) is 27.1 Å². The van der Waals surface area contributed by atoms with Gasteiger partial charge in [-0.05, 0) is 57.2 Å². The lowest BCUT2D eigenvalue weighted by atomic mass is 9.95. The van der Waals surface area contributed by atoms with Crippen LogP contribution in [0.5, 0.6) is 0 Å². The van der Waals surface area contributed by atoms with Gasteiger partial charge in [0.25, 0.3) is 0 Å². The SMILES string of the molecule is C=CCn1c(SCC(=O)Nc2sc3c(c2C(=O)OC(C)C)CCCC3)nnc1-c1ccncc1. The fraction of sp³-hybridized carbons (Fsp3) is 0.375. The highest BCUT2D eigenvalue weighted by Gasteiger charge is 2.28. The number of hydrogen-bond acceptors (Lipinski definition) is 8. The molecular formula is C24H27N5O3S2. The average Bonchev–Trinajstić information content (AvgIpc) is 3.39. The van der Waals surface area contributed by atoms with Crippen LogP contribution in [-0.2, 0) is 28.9 Å². The van der Waals surface area contributed by atoms with Gasteiger partial charge in [0.2, 0.25) is 5.91 Å². The van der Waals surface area contributed by atoms with Crippen LogP contribution >= 0.6 is 23.1 Å². The number of anilines is 1. The number of pyridine rings is 1. The maximum atomic E-state index is 12.9. The number of fused-ring (bicyclic) bond motifs is 1. The Kier molecular flexibility index (Phi) is 7.79. The molecule has 0 atom stereocenters. The lowest BCUT2D eigenvalue weighted by Gasteiger charge is -2.14. The Labute approximate surface area is 206 Å². The largest absolute Gasteiger partial charge is 0.459 e. The van der Waals surface area contributed by atoms with E-state index < -0.39 is 0 Å². The summed E-state index contributed by atoms with van der Waals surface area (Å²) in [6, 6.07) is 3.72. The lowest BCUT2D eigenvalue weighted by Crippen LogP contribution is -2.19. The minimum atomic E-state index is -0.370. The van der Waals surface area contributed by atoms with Gasteiger partial charge >= 0.3 is 5.97 Å². The molecule has 0 aromatic carbocycles. The van der Waals surface area contributed by atoms with Crippen molar-refractivity contribution in [2.75, 3.05) is 11.1 Å². The molecule has 0 fully saturated rings. The maximum Gasteiger partial charge on any atom is 0.341 e. The topological polar surface area (TPSA) is 99.0 Å². The monoisotopic (exact) mass is 497 g/mol. The van der Waals surface area contributed by atoms with Crippen LogP contribution in [0.1, 0.15) is 47.5 Å². The standard InChI is InChI=1S/C24H27N5O3S2/c1-4-13-29-21(16-9-11-25-12-10-16)27-28-24(29)33-14-19(30)26-22-20(23(31)32-15(2)3)17-7-5-6-8-18(17)34-22/h4,9-12,15H,1,5-8,13-14H2,2-3H3,(H,26,30). The predicted octanol–water partition coefficient (Wildman–Crippen LogP) is 4.76. The summed E-state index contributed by atoms with van der Waals surface area (Å²) in [5.41, 5.74) is 2.43. The van der Waals surface area contributed by atoms with Crippen LogP contribution < -0.4 is 5.32 Å². The molecule has 4 rings (SSSR count). The first kappa shape index (κ1) is 24.2. The van der Waals surface area contributed by atoms with Gasteiger partial charge in [0.15, 0.2) is 11.0 Å². The fourth-order valence-electron chi connectivity index (χ4n) is 3.84. The predicted molar refractivity (Wildman–Crippen MR) is 134 cm³/mol. The molecule has 0 saturated carbocycles. The van der Waals surface area contributed by atoms with Gasteiger partial charge in [0.05, 0.1) is 17.4 Å². The van der Waals surface area contributed by atoms with Crippen LogP contribution in [0.15, 0.2) is 42.3 Å². The Bertz CT molecular complexity index is 1190. The van der Waals surface area contributed by atoms with Crippen LogP contribution in [0.25, 0.3) is 11.4 Å². The molecule has 3 aromatic heterocycles. The Morgan fingerprint density at radius 3 is 2.76 bits per heavy atom. The number of esters is 1. The molecule has 0 aliphatic heterocycles. The van der Waals surface area contributed by atoms with Crippen molar-refractivity contribution in [1.82, 2.24) is 19.7 Å². The number of hydrogen-bond donors (Lipinski definition) is 1. The zero-order chi connectivity index (χ0) is 24.1. The normalized spacial score (nSPS) is 12.9. The Morgan fingerprint density at radius 2 is 2.03 bits per heavy atom. The summed E-state index contributed by atoms with van der Waals surface area (Å²) >= 11 is 2.78. The summed E-state index contributed by atoms with van der Waals surface area (Å²) in [6.07, 6.45) is 8.83. The van der Waals surface area contributed by atoms with Crippen LogP contribution in [-0.4, -0.2) is 43.5 Å². The van der Waals surface area contributed by atoms with Gasteiger partial charge in [-0.1, -0.05) is 17.8 Å². The van der Waals surface area contributed by atoms with Crippen LogP contribution in [0, 0.1) is 0 Å². The Morgan fingerprint density at radius 1 is 1.26 bits per heavy atom. The molecule has 1 aliphatic carbocycles. The summed E-state index contributed by atoms with van der Waals surface area (Å²) < 4.78 is 7.39. The van der Waals surface area contributed by atoms with E-state index >= 15 is 0 Å². The van der Waals surface area contributed by atoms with Crippen LogP contribution in [0.2, 0.25) is 0 Å². The van der Waals surface area contributed by atoms with Crippen LogP contribution in [0.4, 0.5) is 5.00 Å². The van der Waals surface area contributed by atoms with E-state index in [4.69, 9.17) is 4.74 Å². The molecule has 34 heavy (non-hydrogen) atoms. The van der Waals surface area contributed by atoms with E-state index in [1.165, 1.54) is 23.1 Å². The molecule has 3 aromatic rings. The molecule has 0 saturated heterocycles. The van der Waals surface area contributed by atoms with Gasteiger partial charge in [-0.3, -0.25) is 14.3 Å². The van der Waals surface area contributed by atoms with Gasteiger partial charge < -0.3 is 10.1 Å². The van der Waals surface area contributed by atoms with Crippen molar-refractivity contribution in [3.63, 3.8) is 0 Å². The highest BCUT2D eigenvalue weighted by Crippen LogP contribution is 2.39. The molecule has 0 unspecified atom stereocenters. The number of nitrogens with zero attached hydrogens (tertiary/aromatic N) is 4. The number of allylic oxidation sites excluding steroid dienone is 1. The fourth-order valence-corrected chi connectivity index (χ4v) is 5.88. The van der Waals surface area contributed by atoms with Gasteiger partial charge in [0.1, 0.15) is 5.00 Å². The quantitative estimate of drug-likeness (QED) is 0.258. The van der Waals surface area contributed by atoms with Crippen LogP contribution in [0.3, 0.4) is 0 Å². The zero-order valence-electron chi connectivity index (χ0n) is 19.2. The smallest absolute Gasteiger partial charge is 0.341 e. The van der Waals surface area contributed by atoms with Gasteiger partial charge in [-0.2, -0.15) is 0 Å². The number of carbonyl (C=O) groups excluding carboxylic acids is 2.